The highest BCUT2D eigenvalue weighted by Gasteiger charge is 2.50. The molecule has 328 valence electrons. The van der Waals surface area contributed by atoms with Gasteiger partial charge >= 0.3 is 0 Å². The summed E-state index contributed by atoms with van der Waals surface area (Å²) in [4.78, 5) is 2.47. The summed E-state index contributed by atoms with van der Waals surface area (Å²) < 4.78 is 67.9. The summed E-state index contributed by atoms with van der Waals surface area (Å²) in [6.45, 7) is 26.2. The van der Waals surface area contributed by atoms with E-state index >= 15 is 0 Å². The molecule has 1 unspecified atom stereocenters. The zero-order valence-corrected chi connectivity index (χ0v) is 39.2. The molecule has 1 N–H and O–H groups in total. The SMILES string of the molecule is CCOC[C@H](C)COCc1ccc([C@@H]2[C@@H](OC(c3ccc4c(c3)N(CCCOC)CCO4)S(=O)(=O)c3ccc(C)cc3)CNC[C@H]2O[Si](C(C)C)(C(C)C)C(C)C)cc1. The van der Waals surface area contributed by atoms with Gasteiger partial charge in [0, 0.05) is 51.8 Å². The van der Waals surface area contributed by atoms with Gasteiger partial charge < -0.3 is 38.3 Å². The highest BCUT2D eigenvalue weighted by molar-refractivity contribution is 7.91. The Bertz CT molecular complexity index is 1820. The van der Waals surface area contributed by atoms with Gasteiger partial charge in [0.15, 0.2) is 5.44 Å². The average Bonchev–Trinajstić information content (AvgIpc) is 3.21. The molecule has 0 radical (unpaired) electrons. The molecule has 0 spiro atoms. The normalized spacial score (nSPS) is 19.9. The molecule has 0 amide bonds. The first-order valence-corrected chi connectivity index (χ1v) is 25.5. The van der Waals surface area contributed by atoms with Crippen LogP contribution in [0.15, 0.2) is 71.6 Å². The summed E-state index contributed by atoms with van der Waals surface area (Å²) in [5.74, 6) is 0.792. The predicted octanol–water partition coefficient (Wildman–Crippen LogP) is 9.22. The highest BCUT2D eigenvalue weighted by atomic mass is 32.2. The third kappa shape index (κ3) is 11.6. The van der Waals surface area contributed by atoms with Gasteiger partial charge in [0.1, 0.15) is 12.4 Å². The van der Waals surface area contributed by atoms with Gasteiger partial charge in [0.25, 0.3) is 0 Å². The number of benzene rings is 3. The van der Waals surface area contributed by atoms with Crippen LogP contribution < -0.4 is 15.0 Å². The minimum Gasteiger partial charge on any atom is -0.490 e. The molecule has 3 aromatic carbocycles. The molecule has 59 heavy (non-hydrogen) atoms. The van der Waals surface area contributed by atoms with E-state index in [9.17, 15) is 8.42 Å². The highest BCUT2D eigenvalue weighted by Crippen LogP contribution is 2.47. The number of methoxy groups -OCH3 is 1. The van der Waals surface area contributed by atoms with Crippen LogP contribution in [0.2, 0.25) is 16.6 Å². The lowest BCUT2D eigenvalue weighted by Gasteiger charge is -2.49. The van der Waals surface area contributed by atoms with Crippen LogP contribution >= 0.6 is 0 Å². The molecule has 0 aliphatic carbocycles. The van der Waals surface area contributed by atoms with Crippen molar-refractivity contribution < 1.29 is 36.5 Å². The molecule has 2 heterocycles. The van der Waals surface area contributed by atoms with E-state index in [1.54, 1.807) is 19.2 Å². The van der Waals surface area contributed by atoms with E-state index in [1.165, 1.54) is 0 Å². The lowest BCUT2D eigenvalue weighted by Crippen LogP contribution is -2.58. The number of aryl methyl sites for hydroxylation is 1. The smallest absolute Gasteiger partial charge is 0.209 e. The average molecular weight is 853 g/mol. The van der Waals surface area contributed by atoms with Gasteiger partial charge in [-0.25, -0.2) is 8.42 Å². The Morgan fingerprint density at radius 3 is 2.17 bits per heavy atom. The van der Waals surface area contributed by atoms with E-state index in [1.807, 2.05) is 44.2 Å². The molecule has 1 fully saturated rings. The fourth-order valence-corrected chi connectivity index (χ4v) is 16.3. The molecule has 2 aliphatic heterocycles. The first kappa shape index (κ1) is 47.2. The molecule has 2 aliphatic rings. The Morgan fingerprint density at radius 1 is 0.864 bits per heavy atom. The summed E-state index contributed by atoms with van der Waals surface area (Å²) in [5.41, 5.74) is 4.36. The van der Waals surface area contributed by atoms with E-state index in [-0.39, 0.29) is 16.9 Å². The second-order valence-electron chi connectivity index (χ2n) is 17.5. The number of nitrogens with zero attached hydrogens (tertiary/aromatic N) is 1. The maximum absolute atomic E-state index is 15.0. The first-order valence-electron chi connectivity index (χ1n) is 21.8. The van der Waals surface area contributed by atoms with Crippen molar-refractivity contribution >= 4 is 23.8 Å². The van der Waals surface area contributed by atoms with Crippen LogP contribution in [-0.2, 0) is 39.8 Å². The summed E-state index contributed by atoms with van der Waals surface area (Å²) in [6.07, 6.45) is 0.0543. The Morgan fingerprint density at radius 2 is 1.53 bits per heavy atom. The van der Waals surface area contributed by atoms with Crippen molar-refractivity contribution in [1.29, 1.82) is 0 Å². The maximum atomic E-state index is 15.0. The van der Waals surface area contributed by atoms with Crippen LogP contribution in [0.25, 0.3) is 0 Å². The molecular weight excluding hydrogens is 781 g/mol. The van der Waals surface area contributed by atoms with Gasteiger partial charge in [-0.3, -0.25) is 0 Å². The fourth-order valence-electron chi connectivity index (χ4n) is 9.20. The fraction of sp³-hybridized carbons (Fsp3) is 0.617. The lowest BCUT2D eigenvalue weighted by atomic mass is 9.85. The number of hydrogen-bond donors (Lipinski definition) is 1. The summed E-state index contributed by atoms with van der Waals surface area (Å²) in [5, 5.41) is 3.64. The molecular formula is C47H72N2O8SSi. The number of piperidine rings is 1. The van der Waals surface area contributed by atoms with E-state index in [0.29, 0.717) is 87.4 Å². The van der Waals surface area contributed by atoms with Crippen LogP contribution in [0, 0.1) is 12.8 Å². The van der Waals surface area contributed by atoms with Gasteiger partial charge in [0.2, 0.25) is 18.2 Å². The molecule has 0 aromatic heterocycles. The van der Waals surface area contributed by atoms with Gasteiger partial charge in [-0.1, -0.05) is 96.5 Å². The van der Waals surface area contributed by atoms with Crippen molar-refractivity contribution in [3.63, 3.8) is 0 Å². The van der Waals surface area contributed by atoms with E-state index in [0.717, 1.165) is 41.1 Å². The minimum absolute atomic E-state index is 0.220. The molecule has 10 nitrogen and oxygen atoms in total. The summed E-state index contributed by atoms with van der Waals surface area (Å²) >= 11 is 0. The number of rotatable bonds is 22. The Balaban J connectivity index is 1.56. The predicted molar refractivity (Wildman–Crippen MR) is 240 cm³/mol. The quantitative estimate of drug-likeness (QED) is 0.0778. The molecule has 12 heteroatoms. The van der Waals surface area contributed by atoms with Crippen molar-refractivity contribution in [3.8, 4) is 5.75 Å². The van der Waals surface area contributed by atoms with Crippen LogP contribution in [0.1, 0.15) is 95.4 Å². The van der Waals surface area contributed by atoms with Crippen molar-refractivity contribution in [2.45, 2.75) is 120 Å². The number of hydrogen-bond acceptors (Lipinski definition) is 10. The Labute approximate surface area is 356 Å². The third-order valence-electron chi connectivity index (χ3n) is 12.1. The monoisotopic (exact) mass is 852 g/mol. The maximum Gasteiger partial charge on any atom is 0.209 e. The van der Waals surface area contributed by atoms with Gasteiger partial charge in [-0.2, -0.15) is 0 Å². The van der Waals surface area contributed by atoms with E-state index in [4.69, 9.17) is 28.1 Å². The van der Waals surface area contributed by atoms with Crippen molar-refractivity contribution in [2.24, 2.45) is 5.92 Å². The summed E-state index contributed by atoms with van der Waals surface area (Å²) in [7, 11) is -4.72. The molecule has 5 rings (SSSR count). The lowest BCUT2D eigenvalue weighted by molar-refractivity contribution is -0.0365. The first-order chi connectivity index (χ1) is 28.2. The number of fused-ring (bicyclic) bond motifs is 1. The second-order valence-corrected chi connectivity index (χ2v) is 24.8. The standard InChI is InChI=1S/C47H72N2O8SSi/c1-11-53-30-37(9)31-54-32-38-15-17-39(18-16-38)46-44(28-48-29-45(46)57-59(33(2)3,34(4)5)35(6)7)56-47(58(50,51)41-20-13-36(8)14-21-41)40-19-22-43-42(27-40)49(24-26-55-43)23-12-25-52-10/h13-22,27,33-35,37,44-48H,11-12,23-26,28-32H2,1-10H3/t37-,44-,45+,46+,47?/m0/s1. The Kier molecular flexibility index (Phi) is 17.5. The van der Waals surface area contributed by atoms with Crippen molar-refractivity contribution in [1.82, 2.24) is 5.32 Å². The molecule has 0 bridgehead atoms. The number of ether oxygens (including phenoxy) is 5. The topological polar surface area (TPSA) is 105 Å². The van der Waals surface area contributed by atoms with Crippen LogP contribution in [0.3, 0.4) is 0 Å². The largest absolute Gasteiger partial charge is 0.490 e. The second kappa shape index (κ2) is 21.8. The van der Waals surface area contributed by atoms with E-state index < -0.39 is 29.7 Å². The third-order valence-corrected chi connectivity index (χ3v) is 20.1. The van der Waals surface area contributed by atoms with Gasteiger partial charge in [-0.05, 0) is 77.8 Å². The molecule has 1 saturated heterocycles. The van der Waals surface area contributed by atoms with Crippen molar-refractivity contribution in [2.75, 3.05) is 71.2 Å². The minimum atomic E-state index is -4.05. The van der Waals surface area contributed by atoms with Crippen LogP contribution in [0.4, 0.5) is 5.69 Å². The molecule has 3 aromatic rings. The van der Waals surface area contributed by atoms with E-state index in [2.05, 4.69) is 82.9 Å². The zero-order valence-electron chi connectivity index (χ0n) is 37.4. The molecule has 5 atom stereocenters. The summed E-state index contributed by atoms with van der Waals surface area (Å²) in [6, 6.07) is 21.3. The number of sulfone groups is 1. The number of nitrogens with one attached hydrogen (secondary N) is 1. The number of anilines is 1. The van der Waals surface area contributed by atoms with Gasteiger partial charge in [0.05, 0.1) is 49.2 Å². The Hall–Kier alpha value is -2.81. The van der Waals surface area contributed by atoms with Crippen LogP contribution in [-0.4, -0.2) is 95.3 Å². The molecule has 0 saturated carbocycles. The zero-order chi connectivity index (χ0) is 42.7. The van der Waals surface area contributed by atoms with Crippen LogP contribution in [0.5, 0.6) is 5.75 Å². The van der Waals surface area contributed by atoms with Gasteiger partial charge in [-0.15, -0.1) is 0 Å². The van der Waals surface area contributed by atoms with Crippen molar-refractivity contribution in [3.05, 3.63) is 89.0 Å².